The molecule has 2 saturated carbocycles. The van der Waals surface area contributed by atoms with Crippen LogP contribution in [0.2, 0.25) is 0 Å². The molecule has 96 valence electrons. The first-order chi connectivity index (χ1) is 8.38. The van der Waals surface area contributed by atoms with Gasteiger partial charge >= 0.3 is 0 Å². The molecule has 3 heterocycles. The molecule has 0 radical (unpaired) electrons. The van der Waals surface area contributed by atoms with Crippen LogP contribution in [0.25, 0.3) is 0 Å². The Labute approximate surface area is 105 Å². The van der Waals surface area contributed by atoms with Crippen LogP contribution in [0.4, 0.5) is 0 Å². The zero-order valence-corrected chi connectivity index (χ0v) is 10.8. The molecule has 4 unspecified atom stereocenters. The summed E-state index contributed by atoms with van der Waals surface area (Å²) in [6.45, 7) is 2.63. The van der Waals surface area contributed by atoms with Crippen LogP contribution in [0.15, 0.2) is 0 Å². The van der Waals surface area contributed by atoms with Gasteiger partial charge in [-0.1, -0.05) is 0 Å². The van der Waals surface area contributed by atoms with E-state index in [0.29, 0.717) is 0 Å². The van der Waals surface area contributed by atoms with Crippen LogP contribution < -0.4 is 10.6 Å². The van der Waals surface area contributed by atoms with Crippen LogP contribution >= 0.6 is 0 Å². The topological polar surface area (TPSA) is 24.1 Å². The second-order valence-electron chi connectivity index (χ2n) is 7.15. The summed E-state index contributed by atoms with van der Waals surface area (Å²) < 4.78 is 0. The molecule has 2 nitrogen and oxygen atoms in total. The third-order valence-electron chi connectivity index (χ3n) is 6.09. The number of nitrogens with one attached hydrogen (secondary N) is 2. The first kappa shape index (κ1) is 10.8. The summed E-state index contributed by atoms with van der Waals surface area (Å²) in [6.07, 6.45) is 10.5. The fraction of sp³-hybridized carbons (Fsp3) is 1.00. The lowest BCUT2D eigenvalue weighted by atomic mass is 9.71. The molecule has 5 rings (SSSR count). The minimum Gasteiger partial charge on any atom is -0.314 e. The van der Waals surface area contributed by atoms with E-state index >= 15 is 0 Å². The van der Waals surface area contributed by atoms with Gasteiger partial charge in [0.1, 0.15) is 0 Å². The number of fused-ring (bicyclic) bond motifs is 6. The number of hydrogen-bond donors (Lipinski definition) is 2. The molecule has 2 aliphatic carbocycles. The Hall–Kier alpha value is -0.0800. The second kappa shape index (κ2) is 4.24. The molecule has 2 N–H and O–H groups in total. The molecule has 2 heteroatoms. The molecule has 3 saturated heterocycles. The third-order valence-corrected chi connectivity index (χ3v) is 6.09. The van der Waals surface area contributed by atoms with Gasteiger partial charge in [-0.25, -0.2) is 0 Å². The van der Waals surface area contributed by atoms with Crippen LogP contribution in [-0.2, 0) is 0 Å². The van der Waals surface area contributed by atoms with E-state index in [9.17, 15) is 0 Å². The molecule has 4 bridgehead atoms. The van der Waals surface area contributed by atoms with Gasteiger partial charge in [-0.05, 0) is 81.7 Å². The highest BCUT2D eigenvalue weighted by molar-refractivity contribution is 4.98. The van der Waals surface area contributed by atoms with Crippen molar-refractivity contribution in [2.45, 2.75) is 57.0 Å². The van der Waals surface area contributed by atoms with Crippen LogP contribution in [-0.4, -0.2) is 25.2 Å². The highest BCUT2D eigenvalue weighted by Gasteiger charge is 2.41. The molecule has 0 amide bonds. The predicted octanol–water partition coefficient (Wildman–Crippen LogP) is 2.15. The van der Waals surface area contributed by atoms with Gasteiger partial charge in [-0.3, -0.25) is 0 Å². The Bertz CT molecular complexity index is 271. The van der Waals surface area contributed by atoms with E-state index in [-0.39, 0.29) is 0 Å². The summed E-state index contributed by atoms with van der Waals surface area (Å²) in [5.41, 5.74) is 0. The molecule has 0 spiro atoms. The molecule has 0 aromatic carbocycles. The van der Waals surface area contributed by atoms with Crippen molar-refractivity contribution in [3.63, 3.8) is 0 Å². The van der Waals surface area contributed by atoms with E-state index in [1.807, 2.05) is 0 Å². The third kappa shape index (κ3) is 1.94. The average Bonchev–Trinajstić information content (AvgIpc) is 2.59. The van der Waals surface area contributed by atoms with Crippen LogP contribution in [0.3, 0.4) is 0 Å². The minimum atomic E-state index is 0.862. The van der Waals surface area contributed by atoms with E-state index in [2.05, 4.69) is 10.6 Å². The second-order valence-corrected chi connectivity index (χ2v) is 7.15. The molecule has 17 heavy (non-hydrogen) atoms. The lowest BCUT2D eigenvalue weighted by Gasteiger charge is -2.37. The van der Waals surface area contributed by atoms with E-state index in [0.717, 1.165) is 35.8 Å². The normalized spacial score (nSPS) is 53.6. The summed E-state index contributed by atoms with van der Waals surface area (Å²) >= 11 is 0. The molecular weight excluding hydrogens is 208 g/mol. The van der Waals surface area contributed by atoms with Crippen molar-refractivity contribution in [2.75, 3.05) is 13.1 Å². The van der Waals surface area contributed by atoms with Crippen molar-refractivity contribution in [3.8, 4) is 0 Å². The maximum Gasteiger partial charge on any atom is 0.0124 e. The van der Waals surface area contributed by atoms with Crippen molar-refractivity contribution in [1.82, 2.24) is 10.6 Å². The zero-order valence-electron chi connectivity index (χ0n) is 10.8. The lowest BCUT2D eigenvalue weighted by molar-refractivity contribution is 0.178. The fourth-order valence-electron chi connectivity index (χ4n) is 5.22. The van der Waals surface area contributed by atoms with Gasteiger partial charge in [0, 0.05) is 12.1 Å². The van der Waals surface area contributed by atoms with E-state index in [4.69, 9.17) is 0 Å². The fourth-order valence-corrected chi connectivity index (χ4v) is 5.22. The average molecular weight is 234 g/mol. The van der Waals surface area contributed by atoms with Crippen molar-refractivity contribution in [3.05, 3.63) is 0 Å². The van der Waals surface area contributed by atoms with Gasteiger partial charge in [0.25, 0.3) is 0 Å². The molecule has 3 aliphatic heterocycles. The van der Waals surface area contributed by atoms with E-state index in [1.165, 1.54) is 58.0 Å². The van der Waals surface area contributed by atoms with Gasteiger partial charge in [0.2, 0.25) is 0 Å². The number of rotatable bonds is 1. The molecule has 4 atom stereocenters. The lowest BCUT2D eigenvalue weighted by Crippen LogP contribution is -2.44. The van der Waals surface area contributed by atoms with Crippen LogP contribution in [0.1, 0.15) is 44.9 Å². The molecule has 0 aromatic heterocycles. The maximum absolute atomic E-state index is 3.95. The van der Waals surface area contributed by atoms with Crippen molar-refractivity contribution >= 4 is 0 Å². The van der Waals surface area contributed by atoms with Gasteiger partial charge in [0.15, 0.2) is 0 Å². The Balaban J connectivity index is 1.50. The van der Waals surface area contributed by atoms with Gasteiger partial charge in [-0.2, -0.15) is 0 Å². The van der Waals surface area contributed by atoms with Crippen LogP contribution in [0, 0.1) is 23.7 Å². The molecule has 0 aromatic rings. The predicted molar refractivity (Wildman–Crippen MR) is 69.9 cm³/mol. The first-order valence-corrected chi connectivity index (χ1v) is 7.85. The molecular formula is C15H26N2. The Kier molecular flexibility index (Phi) is 2.69. The summed E-state index contributed by atoms with van der Waals surface area (Å²) in [5.74, 6) is 4.00. The van der Waals surface area contributed by atoms with Crippen LogP contribution in [0.5, 0.6) is 0 Å². The highest BCUT2D eigenvalue weighted by atomic mass is 15.0. The van der Waals surface area contributed by atoms with Gasteiger partial charge < -0.3 is 10.6 Å². The van der Waals surface area contributed by atoms with E-state index in [1.54, 1.807) is 0 Å². The highest BCUT2D eigenvalue weighted by Crippen LogP contribution is 2.42. The van der Waals surface area contributed by atoms with Crippen molar-refractivity contribution in [2.24, 2.45) is 23.7 Å². The Morgan fingerprint density at radius 3 is 2.29 bits per heavy atom. The first-order valence-electron chi connectivity index (χ1n) is 7.85. The van der Waals surface area contributed by atoms with Gasteiger partial charge in [-0.15, -0.1) is 0 Å². The van der Waals surface area contributed by atoms with Crippen molar-refractivity contribution in [1.29, 1.82) is 0 Å². The molecule has 5 aliphatic rings. The Morgan fingerprint density at radius 1 is 0.647 bits per heavy atom. The summed E-state index contributed by atoms with van der Waals surface area (Å²) in [5, 5.41) is 7.67. The SMILES string of the molecule is C1CC2CCC1CNC2C1CC2CNC(C2)C1. The summed E-state index contributed by atoms with van der Waals surface area (Å²) in [6, 6.07) is 1.73. The quantitative estimate of drug-likeness (QED) is 0.726. The zero-order chi connectivity index (χ0) is 11.2. The minimum absolute atomic E-state index is 0.862. The van der Waals surface area contributed by atoms with Crippen molar-refractivity contribution < 1.29 is 0 Å². The standard InChI is InChI=1S/C15H26N2/c1-3-12-4-2-10(1)8-17-15(12)13-5-11-6-14(7-13)16-9-11/h10-17H,1-9H2. The smallest absolute Gasteiger partial charge is 0.0124 e. The number of hydrogen-bond acceptors (Lipinski definition) is 2. The molecule has 5 fully saturated rings. The maximum atomic E-state index is 3.95. The van der Waals surface area contributed by atoms with Gasteiger partial charge in [0.05, 0.1) is 0 Å². The largest absolute Gasteiger partial charge is 0.314 e. The summed E-state index contributed by atoms with van der Waals surface area (Å²) in [7, 11) is 0. The summed E-state index contributed by atoms with van der Waals surface area (Å²) in [4.78, 5) is 0. The monoisotopic (exact) mass is 234 g/mol. The Morgan fingerprint density at radius 2 is 1.47 bits per heavy atom. The van der Waals surface area contributed by atoms with E-state index < -0.39 is 0 Å².